The van der Waals surface area contributed by atoms with E-state index in [0.29, 0.717) is 29.9 Å². The predicted octanol–water partition coefficient (Wildman–Crippen LogP) is 2.43. The van der Waals surface area contributed by atoms with E-state index in [4.69, 9.17) is 4.74 Å². The van der Waals surface area contributed by atoms with Gasteiger partial charge in [-0.1, -0.05) is 0 Å². The molecular formula is C24H28N6O2. The zero-order valence-corrected chi connectivity index (χ0v) is 18.7. The molecule has 0 aliphatic carbocycles. The number of hydrogen-bond acceptors (Lipinski definition) is 6. The Labute approximate surface area is 187 Å². The molecule has 3 aromatic rings. The van der Waals surface area contributed by atoms with E-state index < -0.39 is 0 Å². The Hall–Kier alpha value is -3.41. The van der Waals surface area contributed by atoms with Crippen LogP contribution in [-0.2, 0) is 13.1 Å². The highest BCUT2D eigenvalue weighted by Crippen LogP contribution is 2.30. The van der Waals surface area contributed by atoms with Gasteiger partial charge in [0.2, 0.25) is 0 Å². The van der Waals surface area contributed by atoms with Gasteiger partial charge in [0.1, 0.15) is 11.4 Å². The van der Waals surface area contributed by atoms with E-state index in [1.165, 1.54) is 6.20 Å². The van der Waals surface area contributed by atoms with Gasteiger partial charge in [0.05, 0.1) is 18.7 Å². The van der Waals surface area contributed by atoms with Gasteiger partial charge in [0.25, 0.3) is 5.91 Å². The molecule has 0 atom stereocenters. The molecule has 2 aromatic heterocycles. The summed E-state index contributed by atoms with van der Waals surface area (Å²) in [5.74, 6) is 0.434. The monoisotopic (exact) mass is 432 g/mol. The van der Waals surface area contributed by atoms with Crippen LogP contribution in [0.15, 0.2) is 30.6 Å². The standard InChI is InChI=1S/C24H28N6O2/c1-16-12-21(32-3)19(18-5-7-26-22(16)18)14-28-24(31)23-20(17(13-25)4-6-27-23)15-30-10-8-29(2)9-11-30/h4-7,12,26H,8-11,14-15H2,1-3H3,(H,28,31). The molecule has 1 aliphatic rings. The zero-order valence-electron chi connectivity index (χ0n) is 18.7. The van der Waals surface area contributed by atoms with Crippen molar-refractivity contribution in [2.45, 2.75) is 20.0 Å². The van der Waals surface area contributed by atoms with Crippen LogP contribution in [0.2, 0.25) is 0 Å². The lowest BCUT2D eigenvalue weighted by Gasteiger charge is -2.32. The van der Waals surface area contributed by atoms with Crippen LogP contribution >= 0.6 is 0 Å². The number of nitrogens with zero attached hydrogens (tertiary/aromatic N) is 4. The van der Waals surface area contributed by atoms with Crippen molar-refractivity contribution in [1.82, 2.24) is 25.1 Å². The van der Waals surface area contributed by atoms with E-state index in [-0.39, 0.29) is 5.91 Å². The van der Waals surface area contributed by atoms with Crippen LogP contribution in [0.25, 0.3) is 10.9 Å². The van der Waals surface area contributed by atoms with E-state index >= 15 is 0 Å². The summed E-state index contributed by atoms with van der Waals surface area (Å²) in [5.41, 5.74) is 4.48. The van der Waals surface area contributed by atoms with Crippen molar-refractivity contribution in [2.24, 2.45) is 0 Å². The smallest absolute Gasteiger partial charge is 0.270 e. The molecule has 0 saturated carbocycles. The maximum absolute atomic E-state index is 13.2. The Balaban J connectivity index is 1.58. The first-order valence-corrected chi connectivity index (χ1v) is 10.7. The van der Waals surface area contributed by atoms with Crippen molar-refractivity contribution in [3.05, 3.63) is 58.5 Å². The van der Waals surface area contributed by atoms with Crippen LogP contribution in [0.1, 0.15) is 32.7 Å². The van der Waals surface area contributed by atoms with Gasteiger partial charge in [0.15, 0.2) is 0 Å². The maximum Gasteiger partial charge on any atom is 0.270 e. The van der Waals surface area contributed by atoms with Crippen molar-refractivity contribution in [1.29, 1.82) is 5.26 Å². The number of amides is 1. The maximum atomic E-state index is 13.2. The average Bonchev–Trinajstić information content (AvgIpc) is 3.30. The summed E-state index contributed by atoms with van der Waals surface area (Å²) in [6.45, 7) is 6.55. The Kier molecular flexibility index (Phi) is 6.40. The SMILES string of the molecule is COc1cc(C)c2[nH]ccc2c1CNC(=O)c1nccc(C#N)c1CN1CCN(C)CC1. The highest BCUT2D eigenvalue weighted by molar-refractivity contribution is 5.95. The van der Waals surface area contributed by atoms with Crippen LogP contribution in [-0.4, -0.2) is 66.0 Å². The topological polar surface area (TPSA) is 97.3 Å². The summed E-state index contributed by atoms with van der Waals surface area (Å²) < 4.78 is 5.58. The van der Waals surface area contributed by atoms with Crippen molar-refractivity contribution in [2.75, 3.05) is 40.3 Å². The number of fused-ring (bicyclic) bond motifs is 1. The van der Waals surface area contributed by atoms with E-state index in [0.717, 1.165) is 54.0 Å². The number of carbonyl (C=O) groups is 1. The van der Waals surface area contributed by atoms with Gasteiger partial charge in [-0.3, -0.25) is 14.7 Å². The molecule has 2 N–H and O–H groups in total. The number of piperazine rings is 1. The molecule has 166 valence electrons. The molecule has 3 heterocycles. The number of aromatic nitrogens is 2. The highest BCUT2D eigenvalue weighted by atomic mass is 16.5. The number of rotatable bonds is 6. The Bertz CT molecular complexity index is 1170. The molecule has 8 heteroatoms. The number of hydrogen-bond donors (Lipinski definition) is 2. The quantitative estimate of drug-likeness (QED) is 0.621. The lowest BCUT2D eigenvalue weighted by Crippen LogP contribution is -2.44. The molecule has 32 heavy (non-hydrogen) atoms. The third-order valence-corrected chi connectivity index (χ3v) is 6.13. The third-order valence-electron chi connectivity index (χ3n) is 6.13. The summed E-state index contributed by atoms with van der Waals surface area (Å²) in [5, 5.41) is 13.6. The molecule has 0 radical (unpaired) electrons. The summed E-state index contributed by atoms with van der Waals surface area (Å²) in [4.78, 5) is 25.3. The molecule has 1 aromatic carbocycles. The molecule has 0 spiro atoms. The van der Waals surface area contributed by atoms with Crippen molar-refractivity contribution < 1.29 is 9.53 Å². The van der Waals surface area contributed by atoms with Gasteiger partial charge in [-0.15, -0.1) is 0 Å². The van der Waals surface area contributed by atoms with Gasteiger partial charge in [-0.05, 0) is 37.7 Å². The molecule has 8 nitrogen and oxygen atoms in total. The van der Waals surface area contributed by atoms with Gasteiger partial charge in [-0.25, -0.2) is 0 Å². The first-order valence-electron chi connectivity index (χ1n) is 10.7. The Morgan fingerprint density at radius 2 is 2.06 bits per heavy atom. The number of carbonyl (C=O) groups excluding carboxylic acids is 1. The largest absolute Gasteiger partial charge is 0.496 e. The highest BCUT2D eigenvalue weighted by Gasteiger charge is 2.22. The van der Waals surface area contributed by atoms with Crippen molar-refractivity contribution in [3.63, 3.8) is 0 Å². The number of nitrogens with one attached hydrogen (secondary N) is 2. The number of likely N-dealkylation sites (N-methyl/N-ethyl adjacent to an activating group) is 1. The molecule has 0 unspecified atom stereocenters. The number of methoxy groups -OCH3 is 1. The molecule has 1 fully saturated rings. The van der Waals surface area contributed by atoms with Gasteiger partial charge >= 0.3 is 0 Å². The van der Waals surface area contributed by atoms with Crippen LogP contribution in [0, 0.1) is 18.3 Å². The van der Waals surface area contributed by atoms with Crippen LogP contribution in [0.3, 0.4) is 0 Å². The predicted molar refractivity (Wildman–Crippen MR) is 122 cm³/mol. The normalized spacial score (nSPS) is 14.9. The van der Waals surface area contributed by atoms with Gasteiger partial charge in [0, 0.05) is 73.7 Å². The lowest BCUT2D eigenvalue weighted by atomic mass is 10.0. The minimum Gasteiger partial charge on any atom is -0.496 e. The second-order valence-corrected chi connectivity index (χ2v) is 8.20. The number of ether oxygens (including phenoxy) is 1. The van der Waals surface area contributed by atoms with Gasteiger partial charge in [-0.2, -0.15) is 5.26 Å². The molecular weight excluding hydrogens is 404 g/mol. The van der Waals surface area contributed by atoms with Crippen LogP contribution in [0.4, 0.5) is 0 Å². The van der Waals surface area contributed by atoms with Crippen molar-refractivity contribution >= 4 is 16.8 Å². The number of aryl methyl sites for hydroxylation is 1. The zero-order chi connectivity index (χ0) is 22.7. The fourth-order valence-electron chi connectivity index (χ4n) is 4.24. The number of benzene rings is 1. The molecule has 4 rings (SSSR count). The van der Waals surface area contributed by atoms with E-state index in [1.54, 1.807) is 13.2 Å². The summed E-state index contributed by atoms with van der Waals surface area (Å²) in [6.07, 6.45) is 3.41. The second-order valence-electron chi connectivity index (χ2n) is 8.20. The van der Waals surface area contributed by atoms with E-state index in [9.17, 15) is 10.1 Å². The van der Waals surface area contributed by atoms with Crippen molar-refractivity contribution in [3.8, 4) is 11.8 Å². The second kappa shape index (κ2) is 9.39. The minimum atomic E-state index is -0.294. The lowest BCUT2D eigenvalue weighted by molar-refractivity contribution is 0.0941. The summed E-state index contributed by atoms with van der Waals surface area (Å²) >= 11 is 0. The average molecular weight is 433 g/mol. The Morgan fingerprint density at radius 1 is 1.28 bits per heavy atom. The van der Waals surface area contributed by atoms with Crippen LogP contribution in [0.5, 0.6) is 5.75 Å². The number of nitriles is 1. The number of H-pyrrole nitrogens is 1. The molecule has 1 amide bonds. The fourth-order valence-corrected chi connectivity index (χ4v) is 4.24. The number of pyridine rings is 1. The summed E-state index contributed by atoms with van der Waals surface area (Å²) in [7, 11) is 3.73. The van der Waals surface area contributed by atoms with E-state index in [1.807, 2.05) is 25.3 Å². The van der Waals surface area contributed by atoms with Crippen LogP contribution < -0.4 is 10.1 Å². The van der Waals surface area contributed by atoms with Gasteiger partial charge < -0.3 is 19.9 Å². The molecule has 1 aliphatic heterocycles. The van der Waals surface area contributed by atoms with E-state index in [2.05, 4.69) is 38.2 Å². The molecule has 1 saturated heterocycles. The third kappa shape index (κ3) is 4.31. The Morgan fingerprint density at radius 3 is 2.78 bits per heavy atom. The summed E-state index contributed by atoms with van der Waals surface area (Å²) in [6, 6.07) is 7.85. The first kappa shape index (κ1) is 21.8. The molecule has 0 bridgehead atoms. The first-order chi connectivity index (χ1) is 15.5. The number of aromatic amines is 1. The fraction of sp³-hybridized carbons (Fsp3) is 0.375. The minimum absolute atomic E-state index is 0.294.